The van der Waals surface area contributed by atoms with Crippen LogP contribution in [0.5, 0.6) is 5.75 Å². The van der Waals surface area contributed by atoms with Crippen molar-refractivity contribution in [2.45, 2.75) is 31.3 Å². The van der Waals surface area contributed by atoms with Gasteiger partial charge in [0.1, 0.15) is 5.75 Å². The van der Waals surface area contributed by atoms with Gasteiger partial charge in [-0.2, -0.15) is 17.6 Å². The molecule has 0 heterocycles. The van der Waals surface area contributed by atoms with Gasteiger partial charge in [-0.25, -0.2) is 0 Å². The molecular formula is C12H11ClF4O2. The Morgan fingerprint density at radius 3 is 2.47 bits per heavy atom. The van der Waals surface area contributed by atoms with Gasteiger partial charge in [-0.1, -0.05) is 19.1 Å². The SMILES string of the molecule is CCC(Cl)C(=O)c1ccccc1OC(F)(F)C(F)F. The van der Waals surface area contributed by atoms with Crippen molar-refractivity contribution >= 4 is 17.4 Å². The number of rotatable bonds is 6. The molecule has 1 rings (SSSR count). The summed E-state index contributed by atoms with van der Waals surface area (Å²) in [4.78, 5) is 11.8. The summed E-state index contributed by atoms with van der Waals surface area (Å²) in [6.07, 6.45) is -8.38. The summed E-state index contributed by atoms with van der Waals surface area (Å²) in [5.41, 5.74) is -0.246. The van der Waals surface area contributed by atoms with Crippen LogP contribution in [-0.4, -0.2) is 23.7 Å². The Bertz CT molecular complexity index is 451. The molecule has 0 aliphatic carbocycles. The van der Waals surface area contributed by atoms with E-state index in [4.69, 9.17) is 11.6 Å². The Balaban J connectivity index is 3.06. The summed E-state index contributed by atoms with van der Waals surface area (Å²) < 4.78 is 53.8. The molecule has 106 valence electrons. The van der Waals surface area contributed by atoms with E-state index in [-0.39, 0.29) is 12.0 Å². The third-order valence-corrected chi connectivity index (χ3v) is 2.80. The molecule has 0 amide bonds. The maximum absolute atomic E-state index is 12.8. The number of benzene rings is 1. The highest BCUT2D eigenvalue weighted by atomic mass is 35.5. The number of ether oxygens (including phenoxy) is 1. The number of hydrogen-bond acceptors (Lipinski definition) is 2. The van der Waals surface area contributed by atoms with Crippen LogP contribution in [0.15, 0.2) is 24.3 Å². The molecule has 1 unspecified atom stereocenters. The summed E-state index contributed by atoms with van der Waals surface area (Å²) in [7, 11) is 0. The van der Waals surface area contributed by atoms with Gasteiger partial charge in [0.25, 0.3) is 0 Å². The van der Waals surface area contributed by atoms with E-state index in [1.165, 1.54) is 18.2 Å². The van der Waals surface area contributed by atoms with Gasteiger partial charge >= 0.3 is 12.5 Å². The Labute approximate surface area is 112 Å². The lowest BCUT2D eigenvalue weighted by Crippen LogP contribution is -2.34. The van der Waals surface area contributed by atoms with Crippen LogP contribution < -0.4 is 4.74 Å². The normalized spacial score (nSPS) is 13.4. The molecule has 0 bridgehead atoms. The zero-order valence-corrected chi connectivity index (χ0v) is 10.6. The van der Waals surface area contributed by atoms with Gasteiger partial charge in [0.2, 0.25) is 0 Å². The Hall–Kier alpha value is -1.30. The van der Waals surface area contributed by atoms with E-state index >= 15 is 0 Å². The van der Waals surface area contributed by atoms with Crippen molar-refractivity contribution in [2.75, 3.05) is 0 Å². The summed E-state index contributed by atoms with van der Waals surface area (Å²) in [5, 5.41) is -0.926. The van der Waals surface area contributed by atoms with E-state index in [9.17, 15) is 22.4 Å². The maximum Gasteiger partial charge on any atom is 0.461 e. The first-order chi connectivity index (χ1) is 8.79. The number of ketones is 1. The number of halogens is 5. The maximum atomic E-state index is 12.8. The molecular weight excluding hydrogens is 288 g/mol. The third kappa shape index (κ3) is 3.83. The van der Waals surface area contributed by atoms with Crippen molar-refractivity contribution in [3.05, 3.63) is 29.8 Å². The molecule has 0 saturated heterocycles. The van der Waals surface area contributed by atoms with Crippen LogP contribution in [0.1, 0.15) is 23.7 Å². The van der Waals surface area contributed by atoms with Crippen LogP contribution in [-0.2, 0) is 0 Å². The van der Waals surface area contributed by atoms with Gasteiger partial charge in [-0.15, -0.1) is 11.6 Å². The molecule has 0 aromatic heterocycles. The van der Waals surface area contributed by atoms with Crippen LogP contribution in [0.2, 0.25) is 0 Å². The highest BCUT2D eigenvalue weighted by Crippen LogP contribution is 2.31. The first-order valence-corrected chi connectivity index (χ1v) is 5.85. The van der Waals surface area contributed by atoms with Gasteiger partial charge in [0.05, 0.1) is 10.9 Å². The molecule has 1 aromatic rings. The molecule has 1 atom stereocenters. The lowest BCUT2D eigenvalue weighted by molar-refractivity contribution is -0.253. The molecule has 19 heavy (non-hydrogen) atoms. The number of hydrogen-bond donors (Lipinski definition) is 0. The Morgan fingerprint density at radius 2 is 1.95 bits per heavy atom. The summed E-state index contributed by atoms with van der Waals surface area (Å²) >= 11 is 5.72. The number of carbonyl (C=O) groups excluding carboxylic acids is 1. The van der Waals surface area contributed by atoms with Gasteiger partial charge in [-0.05, 0) is 18.6 Å². The largest absolute Gasteiger partial charge is 0.461 e. The number of Topliss-reactive ketones (excluding diaryl/α,β-unsaturated/α-hetero) is 1. The second-order valence-corrected chi connectivity index (χ2v) is 4.23. The molecule has 0 spiro atoms. The predicted molar refractivity (Wildman–Crippen MR) is 62.3 cm³/mol. The molecule has 1 aromatic carbocycles. The lowest BCUT2D eigenvalue weighted by atomic mass is 10.1. The Kier molecular flexibility index (Phi) is 5.17. The van der Waals surface area contributed by atoms with Crippen molar-refractivity contribution in [3.63, 3.8) is 0 Å². The zero-order valence-electron chi connectivity index (χ0n) is 9.88. The van der Waals surface area contributed by atoms with E-state index in [2.05, 4.69) is 4.74 Å². The van der Waals surface area contributed by atoms with E-state index in [0.29, 0.717) is 0 Å². The van der Waals surface area contributed by atoms with Crippen molar-refractivity contribution in [1.82, 2.24) is 0 Å². The molecule has 0 aliphatic heterocycles. The highest BCUT2D eigenvalue weighted by Gasteiger charge is 2.44. The molecule has 0 aliphatic rings. The van der Waals surface area contributed by atoms with Crippen molar-refractivity contribution in [2.24, 2.45) is 0 Å². The predicted octanol–water partition coefficient (Wildman–Crippen LogP) is 4.12. The molecule has 0 N–H and O–H groups in total. The second kappa shape index (κ2) is 6.23. The van der Waals surface area contributed by atoms with Gasteiger partial charge < -0.3 is 4.74 Å². The van der Waals surface area contributed by atoms with Crippen LogP contribution in [0.4, 0.5) is 17.6 Å². The first kappa shape index (κ1) is 15.8. The van der Waals surface area contributed by atoms with E-state index in [1.54, 1.807) is 6.92 Å². The van der Waals surface area contributed by atoms with Crippen LogP contribution in [0.25, 0.3) is 0 Å². The van der Waals surface area contributed by atoms with E-state index in [1.807, 2.05) is 0 Å². The van der Waals surface area contributed by atoms with Gasteiger partial charge in [0.15, 0.2) is 5.78 Å². The minimum Gasteiger partial charge on any atom is -0.428 e. The van der Waals surface area contributed by atoms with E-state index in [0.717, 1.165) is 6.07 Å². The highest BCUT2D eigenvalue weighted by molar-refractivity contribution is 6.34. The minimum absolute atomic E-state index is 0.246. The van der Waals surface area contributed by atoms with Gasteiger partial charge in [-0.3, -0.25) is 4.79 Å². The third-order valence-electron chi connectivity index (χ3n) is 2.30. The van der Waals surface area contributed by atoms with E-state index < -0.39 is 29.4 Å². The summed E-state index contributed by atoms with van der Waals surface area (Å²) in [6, 6.07) is 4.91. The molecule has 0 radical (unpaired) electrons. The topological polar surface area (TPSA) is 26.3 Å². The number of alkyl halides is 5. The molecule has 2 nitrogen and oxygen atoms in total. The van der Waals surface area contributed by atoms with Crippen LogP contribution in [0.3, 0.4) is 0 Å². The first-order valence-electron chi connectivity index (χ1n) is 5.42. The lowest BCUT2D eigenvalue weighted by Gasteiger charge is -2.19. The monoisotopic (exact) mass is 298 g/mol. The van der Waals surface area contributed by atoms with Crippen molar-refractivity contribution < 1.29 is 27.1 Å². The van der Waals surface area contributed by atoms with Gasteiger partial charge in [0, 0.05) is 0 Å². The summed E-state index contributed by atoms with van der Waals surface area (Å²) in [5.74, 6) is -1.26. The fourth-order valence-electron chi connectivity index (χ4n) is 1.30. The van der Waals surface area contributed by atoms with Crippen LogP contribution in [0, 0.1) is 0 Å². The molecule has 7 heteroatoms. The fourth-order valence-corrected chi connectivity index (χ4v) is 1.42. The second-order valence-electron chi connectivity index (χ2n) is 3.70. The number of carbonyl (C=O) groups is 1. The minimum atomic E-state index is -4.66. The Morgan fingerprint density at radius 1 is 1.37 bits per heavy atom. The average Bonchev–Trinajstić information content (AvgIpc) is 2.37. The standard InChI is InChI=1S/C12H11ClF4O2/c1-2-8(13)10(18)7-5-3-4-6-9(7)19-12(16,17)11(14)15/h3-6,8,11H,2H2,1H3. The zero-order chi connectivity index (χ0) is 14.6. The van der Waals surface area contributed by atoms with Crippen molar-refractivity contribution in [1.29, 1.82) is 0 Å². The molecule has 0 fully saturated rings. The number of para-hydroxylation sites is 1. The quantitative estimate of drug-likeness (QED) is 0.448. The van der Waals surface area contributed by atoms with Crippen LogP contribution >= 0.6 is 11.6 Å². The molecule has 0 saturated carbocycles. The average molecular weight is 299 g/mol. The summed E-state index contributed by atoms with van der Waals surface area (Å²) in [6.45, 7) is 1.63. The fraction of sp³-hybridized carbons (Fsp3) is 0.417. The smallest absolute Gasteiger partial charge is 0.428 e. The van der Waals surface area contributed by atoms with Crippen molar-refractivity contribution in [3.8, 4) is 5.75 Å².